The van der Waals surface area contributed by atoms with Crippen LogP contribution in [0.2, 0.25) is 5.02 Å². The van der Waals surface area contributed by atoms with Crippen LogP contribution in [0.25, 0.3) is 11.4 Å². The smallest absolute Gasteiger partial charge is 0.248 e. The lowest BCUT2D eigenvalue weighted by Gasteiger charge is -2.14. The summed E-state index contributed by atoms with van der Waals surface area (Å²) in [4.78, 5) is 8.91. The summed E-state index contributed by atoms with van der Waals surface area (Å²) in [6.07, 6.45) is 0. The van der Waals surface area contributed by atoms with Gasteiger partial charge in [0.05, 0.1) is 13.7 Å². The number of benzene rings is 2. The topological polar surface area (TPSA) is 93.8 Å². The first-order valence-corrected chi connectivity index (χ1v) is 9.95. The van der Waals surface area contributed by atoms with Gasteiger partial charge in [-0.1, -0.05) is 16.8 Å². The van der Waals surface area contributed by atoms with Crippen LogP contribution in [-0.4, -0.2) is 36.4 Å². The second-order valence-electron chi connectivity index (χ2n) is 6.14. The number of aromatic nitrogens is 2. The van der Waals surface area contributed by atoms with Crippen molar-refractivity contribution >= 4 is 23.2 Å². The predicted molar refractivity (Wildman–Crippen MR) is 117 cm³/mol. The summed E-state index contributed by atoms with van der Waals surface area (Å²) in [7, 11) is 1.61. The Bertz CT molecular complexity index is 989. The molecule has 1 aromatic heterocycles. The molecule has 3 aromatic rings. The van der Waals surface area contributed by atoms with E-state index in [-0.39, 0.29) is 6.54 Å². The lowest BCUT2D eigenvalue weighted by atomic mass is 10.2. The molecule has 158 valence electrons. The Labute approximate surface area is 180 Å². The van der Waals surface area contributed by atoms with Crippen molar-refractivity contribution in [3.05, 3.63) is 53.4 Å². The number of rotatable bonds is 8. The third-order valence-corrected chi connectivity index (χ3v) is 4.27. The van der Waals surface area contributed by atoms with Gasteiger partial charge in [-0.25, -0.2) is 4.99 Å². The molecule has 0 saturated carbocycles. The van der Waals surface area contributed by atoms with Crippen molar-refractivity contribution in [2.24, 2.45) is 4.99 Å². The number of anilines is 1. The molecule has 2 aromatic carbocycles. The minimum Gasteiger partial charge on any atom is -0.493 e. The number of ether oxygens (including phenoxy) is 2. The average Bonchev–Trinajstić information content (AvgIpc) is 3.23. The average molecular weight is 430 g/mol. The first-order chi connectivity index (χ1) is 14.6. The van der Waals surface area contributed by atoms with E-state index in [1.807, 2.05) is 44.2 Å². The highest BCUT2D eigenvalue weighted by molar-refractivity contribution is 6.30. The second kappa shape index (κ2) is 10.5. The first-order valence-electron chi connectivity index (χ1n) is 9.57. The highest BCUT2D eigenvalue weighted by Crippen LogP contribution is 2.30. The lowest BCUT2D eigenvalue weighted by Crippen LogP contribution is -2.30. The van der Waals surface area contributed by atoms with Gasteiger partial charge in [-0.15, -0.1) is 0 Å². The van der Waals surface area contributed by atoms with Gasteiger partial charge in [0.2, 0.25) is 11.7 Å². The molecule has 0 aliphatic rings. The van der Waals surface area contributed by atoms with Gasteiger partial charge in [-0.3, -0.25) is 0 Å². The molecule has 0 radical (unpaired) electrons. The highest BCUT2D eigenvalue weighted by atomic mass is 35.5. The molecule has 0 atom stereocenters. The normalized spacial score (nSPS) is 11.3. The van der Waals surface area contributed by atoms with Crippen LogP contribution >= 0.6 is 11.6 Å². The summed E-state index contributed by atoms with van der Waals surface area (Å²) in [5.41, 5.74) is 1.63. The molecular formula is C21H24ClN5O3. The summed E-state index contributed by atoms with van der Waals surface area (Å²) in [6.45, 7) is 5.40. The lowest BCUT2D eigenvalue weighted by molar-refractivity contribution is 0.311. The number of hydrogen-bond donors (Lipinski definition) is 2. The summed E-state index contributed by atoms with van der Waals surface area (Å²) in [6, 6.07) is 12.8. The minimum absolute atomic E-state index is 0.226. The number of nitrogens with one attached hydrogen (secondary N) is 2. The van der Waals surface area contributed by atoms with Gasteiger partial charge < -0.3 is 24.6 Å². The van der Waals surface area contributed by atoms with E-state index in [2.05, 4.69) is 25.8 Å². The van der Waals surface area contributed by atoms with Crippen molar-refractivity contribution in [1.82, 2.24) is 15.5 Å². The molecule has 3 rings (SSSR count). The number of methoxy groups -OCH3 is 1. The van der Waals surface area contributed by atoms with E-state index in [1.165, 1.54) is 0 Å². The van der Waals surface area contributed by atoms with Crippen molar-refractivity contribution in [2.75, 3.05) is 25.6 Å². The number of hydrogen-bond acceptors (Lipinski definition) is 6. The van der Waals surface area contributed by atoms with Crippen LogP contribution in [0.4, 0.5) is 5.69 Å². The van der Waals surface area contributed by atoms with E-state index >= 15 is 0 Å². The Kier molecular flexibility index (Phi) is 7.51. The van der Waals surface area contributed by atoms with Gasteiger partial charge in [0, 0.05) is 28.9 Å². The second-order valence-corrected chi connectivity index (χ2v) is 6.57. The molecule has 8 nitrogen and oxygen atoms in total. The fourth-order valence-corrected chi connectivity index (χ4v) is 2.77. The Morgan fingerprint density at radius 2 is 1.93 bits per heavy atom. The minimum atomic E-state index is 0.226. The van der Waals surface area contributed by atoms with Gasteiger partial charge in [0.15, 0.2) is 17.5 Å². The van der Waals surface area contributed by atoms with Crippen LogP contribution in [0.5, 0.6) is 11.5 Å². The number of guanidine groups is 1. The van der Waals surface area contributed by atoms with Gasteiger partial charge in [-0.05, 0) is 50.2 Å². The molecular weight excluding hydrogens is 406 g/mol. The predicted octanol–water partition coefficient (Wildman–Crippen LogP) is 4.37. The fourth-order valence-electron chi connectivity index (χ4n) is 2.65. The standard InChI is InChI=1S/C21H24ClN5O3/c1-4-23-21(25-16-10-11-17(29-5-2)18(12-16)28-3)24-13-19-26-20(27-30-19)14-6-8-15(22)9-7-14/h6-12H,4-5,13H2,1-3H3,(H2,23,24,25). The molecule has 0 bridgehead atoms. The van der Waals surface area contributed by atoms with Crippen LogP contribution in [0.1, 0.15) is 19.7 Å². The summed E-state index contributed by atoms with van der Waals surface area (Å²) in [5.74, 6) is 2.80. The third-order valence-electron chi connectivity index (χ3n) is 4.01. The van der Waals surface area contributed by atoms with Gasteiger partial charge in [-0.2, -0.15) is 4.98 Å². The van der Waals surface area contributed by atoms with Crippen molar-refractivity contribution in [3.63, 3.8) is 0 Å². The molecule has 0 aliphatic carbocycles. The summed E-state index contributed by atoms with van der Waals surface area (Å²) in [5, 5.41) is 11.1. The molecule has 0 spiro atoms. The van der Waals surface area contributed by atoms with E-state index in [1.54, 1.807) is 19.2 Å². The van der Waals surface area contributed by atoms with Crippen molar-refractivity contribution < 1.29 is 14.0 Å². The molecule has 0 amide bonds. The SMILES string of the molecule is CCNC(=NCc1nc(-c2ccc(Cl)cc2)no1)Nc1ccc(OCC)c(OC)c1. The largest absolute Gasteiger partial charge is 0.493 e. The number of halogens is 1. The van der Waals surface area contributed by atoms with E-state index in [0.717, 1.165) is 11.3 Å². The molecule has 30 heavy (non-hydrogen) atoms. The summed E-state index contributed by atoms with van der Waals surface area (Å²) >= 11 is 5.92. The van der Waals surface area contributed by atoms with Crippen LogP contribution < -0.4 is 20.1 Å². The Hall–Kier alpha value is -3.26. The fraction of sp³-hybridized carbons (Fsp3) is 0.286. The molecule has 9 heteroatoms. The maximum atomic E-state index is 5.92. The van der Waals surface area contributed by atoms with E-state index < -0.39 is 0 Å². The monoisotopic (exact) mass is 429 g/mol. The summed E-state index contributed by atoms with van der Waals surface area (Å²) < 4.78 is 16.3. The zero-order valence-corrected chi connectivity index (χ0v) is 17.9. The quantitative estimate of drug-likeness (QED) is 0.405. The first kappa shape index (κ1) is 21.4. The third kappa shape index (κ3) is 5.64. The van der Waals surface area contributed by atoms with Crippen LogP contribution in [0, 0.1) is 0 Å². The molecule has 2 N–H and O–H groups in total. The van der Waals surface area contributed by atoms with Crippen LogP contribution in [0.15, 0.2) is 52.0 Å². The van der Waals surface area contributed by atoms with E-state index in [0.29, 0.717) is 47.3 Å². The highest BCUT2D eigenvalue weighted by Gasteiger charge is 2.10. The molecule has 0 saturated heterocycles. The van der Waals surface area contributed by atoms with Gasteiger partial charge in [0.25, 0.3) is 0 Å². The maximum Gasteiger partial charge on any atom is 0.248 e. The van der Waals surface area contributed by atoms with Crippen LogP contribution in [0.3, 0.4) is 0 Å². The Morgan fingerprint density at radius 1 is 1.13 bits per heavy atom. The van der Waals surface area contributed by atoms with Crippen molar-refractivity contribution in [3.8, 4) is 22.9 Å². The molecule has 1 heterocycles. The Morgan fingerprint density at radius 3 is 2.63 bits per heavy atom. The molecule has 0 unspecified atom stereocenters. The maximum absolute atomic E-state index is 5.92. The molecule has 0 aliphatic heterocycles. The van der Waals surface area contributed by atoms with Crippen molar-refractivity contribution in [1.29, 1.82) is 0 Å². The van der Waals surface area contributed by atoms with Gasteiger partial charge >= 0.3 is 0 Å². The Balaban J connectivity index is 1.71. The zero-order valence-electron chi connectivity index (χ0n) is 17.1. The van der Waals surface area contributed by atoms with Crippen molar-refractivity contribution in [2.45, 2.75) is 20.4 Å². The number of aliphatic imine (C=N–C) groups is 1. The molecule has 0 fully saturated rings. The van der Waals surface area contributed by atoms with Gasteiger partial charge in [0.1, 0.15) is 6.54 Å². The van der Waals surface area contributed by atoms with E-state index in [9.17, 15) is 0 Å². The number of nitrogens with zero attached hydrogens (tertiary/aromatic N) is 3. The van der Waals surface area contributed by atoms with E-state index in [4.69, 9.17) is 25.6 Å². The zero-order chi connectivity index (χ0) is 21.3. The van der Waals surface area contributed by atoms with Crippen LogP contribution in [-0.2, 0) is 6.54 Å².